The third-order valence-electron chi connectivity index (χ3n) is 6.45. The fraction of sp³-hybridized carbons (Fsp3) is 0. The lowest BCUT2D eigenvalue weighted by Crippen LogP contribution is -2.19. The number of para-hydroxylation sites is 6. The standard InChI is InChI=1S/C31H13N11/c1-34-27(30-39-23-12-6-7-13-24(23)40-30)31-41-25(17(15-32)28-35-19-8-2-3-9-20(19)36-28)14-26(42-31)18(16-33)29-37-21-10-4-5-11-22(21)38-29/h2-14H. The average molecular weight is 540 g/mol. The van der Waals surface area contributed by atoms with E-state index in [-0.39, 0.29) is 51.5 Å². The number of nitrogens with zero attached hydrogens (tertiary/aromatic N) is 11. The quantitative estimate of drug-likeness (QED) is 0.284. The molecule has 1 aromatic heterocycles. The van der Waals surface area contributed by atoms with Crippen molar-refractivity contribution in [1.29, 1.82) is 10.5 Å². The third-order valence-corrected chi connectivity index (χ3v) is 6.45. The summed E-state index contributed by atoms with van der Waals surface area (Å²) in [5.74, 6) is 0.364. The number of hydrogen-bond donors (Lipinski definition) is 0. The van der Waals surface area contributed by atoms with E-state index in [4.69, 9.17) is 6.57 Å². The van der Waals surface area contributed by atoms with Gasteiger partial charge < -0.3 is 0 Å². The van der Waals surface area contributed by atoms with E-state index in [1.165, 1.54) is 6.07 Å². The highest BCUT2D eigenvalue weighted by molar-refractivity contribution is 5.83. The Kier molecular flexibility index (Phi) is 5.64. The molecular weight excluding hydrogens is 526 g/mol. The highest BCUT2D eigenvalue weighted by Gasteiger charge is 2.23. The number of benzene rings is 3. The molecule has 0 atom stereocenters. The number of rotatable bonds is 3. The minimum absolute atomic E-state index is 0.0416. The summed E-state index contributed by atoms with van der Waals surface area (Å²) >= 11 is 0. The van der Waals surface area contributed by atoms with Crippen LogP contribution in [0.1, 0.15) is 17.2 Å². The molecule has 0 radical (unpaired) electrons. The van der Waals surface area contributed by atoms with Crippen LogP contribution < -0.4 is 32.1 Å². The van der Waals surface area contributed by atoms with Gasteiger partial charge in [0.05, 0.1) is 50.1 Å². The number of hydrogen-bond acceptors (Lipinski definition) is 10. The summed E-state index contributed by atoms with van der Waals surface area (Å²) < 4.78 is 0. The molecule has 0 saturated carbocycles. The van der Waals surface area contributed by atoms with Crippen molar-refractivity contribution < 1.29 is 0 Å². The number of aromatic nitrogens is 2. The van der Waals surface area contributed by atoms with Crippen molar-refractivity contribution in [2.75, 3.05) is 0 Å². The van der Waals surface area contributed by atoms with Crippen LogP contribution in [0.25, 0.3) is 21.7 Å². The first-order valence-corrected chi connectivity index (χ1v) is 12.5. The second-order valence-electron chi connectivity index (χ2n) is 9.00. The summed E-state index contributed by atoms with van der Waals surface area (Å²) in [6.07, 6.45) is 0. The van der Waals surface area contributed by atoms with E-state index >= 15 is 0 Å². The minimum Gasteiger partial charge on any atom is -0.239 e. The van der Waals surface area contributed by atoms with Crippen molar-refractivity contribution in [2.45, 2.75) is 0 Å². The molecule has 0 unspecified atom stereocenters. The first-order chi connectivity index (χ1) is 20.6. The Bertz CT molecular complexity index is 2100. The van der Waals surface area contributed by atoms with Crippen molar-refractivity contribution in [3.05, 3.63) is 157 Å². The van der Waals surface area contributed by atoms with Crippen molar-refractivity contribution in [2.24, 2.45) is 30.0 Å². The van der Waals surface area contributed by atoms with Gasteiger partial charge in [-0.3, -0.25) is 0 Å². The molecule has 4 heterocycles. The van der Waals surface area contributed by atoms with Gasteiger partial charge in [0.15, 0.2) is 23.3 Å². The molecule has 0 aliphatic carbocycles. The summed E-state index contributed by atoms with van der Waals surface area (Å²) in [5.41, 5.74) is 0.272. The first-order valence-electron chi connectivity index (χ1n) is 12.5. The van der Waals surface area contributed by atoms with Crippen LogP contribution in [-0.4, -0.2) is 9.97 Å². The summed E-state index contributed by atoms with van der Waals surface area (Å²) in [6, 6.07) is 27.5. The van der Waals surface area contributed by atoms with Gasteiger partial charge in [0.1, 0.15) is 23.3 Å². The molecule has 3 aliphatic rings. The average Bonchev–Trinajstić information content (AvgIpc) is 3.75. The van der Waals surface area contributed by atoms with Crippen molar-refractivity contribution >= 4 is 16.8 Å². The van der Waals surface area contributed by atoms with Gasteiger partial charge in [-0.2, -0.15) is 10.5 Å². The van der Waals surface area contributed by atoms with Gasteiger partial charge in [0.25, 0.3) is 5.70 Å². The van der Waals surface area contributed by atoms with Gasteiger partial charge in [-0.1, -0.05) is 36.4 Å². The molecule has 0 N–H and O–H groups in total. The third kappa shape index (κ3) is 4.06. The molecule has 0 amide bonds. The fourth-order valence-electron chi connectivity index (χ4n) is 4.50. The summed E-state index contributed by atoms with van der Waals surface area (Å²) in [5, 5.41) is 24.1. The van der Waals surface area contributed by atoms with Gasteiger partial charge in [-0.25, -0.2) is 44.8 Å². The minimum atomic E-state index is -0.0690. The highest BCUT2D eigenvalue weighted by Crippen LogP contribution is 2.28. The molecule has 0 fully saturated rings. The lowest BCUT2D eigenvalue weighted by molar-refractivity contribution is 1.06. The molecule has 3 aromatic carbocycles. The Morgan fingerprint density at radius 1 is 0.548 bits per heavy atom. The van der Waals surface area contributed by atoms with Gasteiger partial charge in [-0.05, 0) is 42.5 Å². The Labute approximate surface area is 236 Å². The van der Waals surface area contributed by atoms with Gasteiger partial charge in [-0.15, -0.1) is 0 Å². The monoisotopic (exact) mass is 539 g/mol. The number of allylic oxidation sites excluding steroid dienone is 2. The molecule has 192 valence electrons. The van der Waals surface area contributed by atoms with E-state index in [1.54, 1.807) is 36.4 Å². The second kappa shape index (κ2) is 9.76. The van der Waals surface area contributed by atoms with Crippen LogP contribution in [0.4, 0.5) is 0 Å². The smallest absolute Gasteiger partial charge is 0.239 e. The maximum Gasteiger partial charge on any atom is 0.273 e. The maximum absolute atomic E-state index is 10.2. The van der Waals surface area contributed by atoms with Crippen molar-refractivity contribution in [1.82, 2.24) is 9.97 Å². The molecule has 11 heteroatoms. The second-order valence-corrected chi connectivity index (χ2v) is 9.00. The summed E-state index contributed by atoms with van der Waals surface area (Å²) in [7, 11) is 0. The zero-order valence-electron chi connectivity index (χ0n) is 21.4. The Hall–Kier alpha value is -6.77. The van der Waals surface area contributed by atoms with Crippen LogP contribution in [0, 0.1) is 29.2 Å². The molecule has 0 bridgehead atoms. The van der Waals surface area contributed by atoms with E-state index in [0.717, 1.165) is 0 Å². The van der Waals surface area contributed by atoms with E-state index in [9.17, 15) is 10.5 Å². The molecule has 0 spiro atoms. The Balaban J connectivity index is 1.50. The summed E-state index contributed by atoms with van der Waals surface area (Å²) in [4.78, 5) is 39.8. The largest absolute Gasteiger partial charge is 0.273 e. The molecule has 42 heavy (non-hydrogen) atoms. The number of fused-ring (bicyclic) bond motifs is 3. The predicted molar refractivity (Wildman–Crippen MR) is 147 cm³/mol. The zero-order chi connectivity index (χ0) is 28.6. The first kappa shape index (κ1) is 24.3. The SMILES string of the molecule is [C-]#[N+]C(=C1N=c2ccccc2=N1)c1nc(C(C#N)=C2N=c3ccccc3=N2)cc(C(C#N)=C2N=c3ccccc3=N2)n1. The van der Waals surface area contributed by atoms with Gasteiger partial charge in [0.2, 0.25) is 0 Å². The Morgan fingerprint density at radius 3 is 1.19 bits per heavy atom. The lowest BCUT2D eigenvalue weighted by atomic mass is 10.1. The van der Waals surface area contributed by atoms with Gasteiger partial charge >= 0.3 is 0 Å². The molecule has 3 aliphatic heterocycles. The number of nitriles is 2. The molecule has 7 rings (SSSR count). The maximum atomic E-state index is 10.2. The highest BCUT2D eigenvalue weighted by atomic mass is 15.1. The Morgan fingerprint density at radius 2 is 0.881 bits per heavy atom. The summed E-state index contributed by atoms with van der Waals surface area (Å²) in [6.45, 7) is 7.96. The fourth-order valence-corrected chi connectivity index (χ4v) is 4.50. The zero-order valence-corrected chi connectivity index (χ0v) is 21.4. The molecular formula is C31H13N11. The van der Waals surface area contributed by atoms with Crippen LogP contribution in [0.2, 0.25) is 0 Å². The molecule has 0 saturated heterocycles. The molecule has 4 aromatic rings. The van der Waals surface area contributed by atoms with E-state index < -0.39 is 0 Å². The van der Waals surface area contributed by atoms with Crippen molar-refractivity contribution in [3.63, 3.8) is 0 Å². The van der Waals surface area contributed by atoms with Crippen molar-refractivity contribution in [3.8, 4) is 12.1 Å². The van der Waals surface area contributed by atoms with Gasteiger partial charge in [0, 0.05) is 0 Å². The van der Waals surface area contributed by atoms with Crippen LogP contribution in [-0.2, 0) is 0 Å². The van der Waals surface area contributed by atoms with E-state index in [2.05, 4.69) is 56.9 Å². The predicted octanol–water partition coefficient (Wildman–Crippen LogP) is 1.27. The van der Waals surface area contributed by atoms with Crippen LogP contribution >= 0.6 is 0 Å². The van der Waals surface area contributed by atoms with E-state index in [1.807, 2.05) is 36.4 Å². The normalized spacial score (nSPS) is 13.2. The molecule has 11 nitrogen and oxygen atoms in total. The topological polar surface area (TPSA) is 152 Å². The van der Waals surface area contributed by atoms with Crippen LogP contribution in [0.3, 0.4) is 0 Å². The lowest BCUT2D eigenvalue weighted by Gasteiger charge is -2.08. The van der Waals surface area contributed by atoms with E-state index in [0.29, 0.717) is 32.1 Å². The van der Waals surface area contributed by atoms with Crippen LogP contribution in [0.5, 0.6) is 0 Å². The van der Waals surface area contributed by atoms with Crippen LogP contribution in [0.15, 0.2) is 126 Å².